The lowest BCUT2D eigenvalue weighted by Gasteiger charge is -2.47. The van der Waals surface area contributed by atoms with Crippen molar-refractivity contribution in [3.05, 3.63) is 83.9 Å². The third-order valence-corrected chi connectivity index (χ3v) is 6.15. The van der Waals surface area contributed by atoms with Crippen LogP contribution < -0.4 is 10.6 Å². The fourth-order valence-electron chi connectivity index (χ4n) is 4.22. The van der Waals surface area contributed by atoms with E-state index in [1.165, 1.54) is 19.2 Å². The summed E-state index contributed by atoms with van der Waals surface area (Å²) in [6.45, 7) is 0.989. The third-order valence-electron chi connectivity index (χ3n) is 6.15. The van der Waals surface area contributed by atoms with Crippen LogP contribution in [0.1, 0.15) is 22.8 Å². The van der Waals surface area contributed by atoms with Crippen molar-refractivity contribution in [2.45, 2.75) is 18.9 Å². The fraction of sp³-hybridized carbons (Fsp3) is 0.280. The Morgan fingerprint density at radius 2 is 1.45 bits per heavy atom. The van der Waals surface area contributed by atoms with Gasteiger partial charge in [-0.25, -0.2) is 0 Å². The minimum atomic E-state index is -1.69. The number of likely N-dealkylation sites (N-methyl/N-ethyl adjacent to an activating group) is 1. The summed E-state index contributed by atoms with van der Waals surface area (Å²) >= 11 is 0. The maximum Gasteiger partial charge on any atom is 0.251 e. The maximum absolute atomic E-state index is 13.6. The molecule has 174 valence electrons. The second-order valence-corrected chi connectivity index (χ2v) is 8.25. The van der Waals surface area contributed by atoms with Crippen LogP contribution >= 0.6 is 0 Å². The van der Waals surface area contributed by atoms with Crippen LogP contribution in [-0.4, -0.2) is 51.9 Å². The zero-order valence-electron chi connectivity index (χ0n) is 18.7. The van der Waals surface area contributed by atoms with Crippen molar-refractivity contribution >= 4 is 11.8 Å². The van der Waals surface area contributed by atoms with Crippen LogP contribution in [0.4, 0.5) is 0 Å². The second-order valence-electron chi connectivity index (χ2n) is 8.25. The average Bonchev–Trinajstić information content (AvgIpc) is 3.19. The van der Waals surface area contributed by atoms with Gasteiger partial charge in [-0.05, 0) is 17.7 Å². The third kappa shape index (κ3) is 4.42. The van der Waals surface area contributed by atoms with E-state index in [9.17, 15) is 24.9 Å². The topological polar surface area (TPSA) is 124 Å². The number of hydrogen-bond donors (Lipinski definition) is 5. The van der Waals surface area contributed by atoms with Crippen molar-refractivity contribution in [3.63, 3.8) is 0 Å². The van der Waals surface area contributed by atoms with Crippen LogP contribution in [0.5, 0.6) is 11.8 Å². The van der Waals surface area contributed by atoms with E-state index in [4.69, 9.17) is 0 Å². The highest BCUT2D eigenvalue weighted by molar-refractivity contribution is 5.94. The number of carbonyl (C=O) groups excluding carboxylic acids is 2. The first-order chi connectivity index (χ1) is 15.8. The van der Waals surface area contributed by atoms with Gasteiger partial charge in [0, 0.05) is 43.1 Å². The van der Waals surface area contributed by atoms with Crippen LogP contribution in [0.25, 0.3) is 0 Å². The molecule has 0 unspecified atom stereocenters. The van der Waals surface area contributed by atoms with Crippen LogP contribution in [-0.2, 0) is 16.8 Å². The minimum Gasteiger partial charge on any atom is -0.494 e. The molecule has 33 heavy (non-hydrogen) atoms. The first-order valence-electron chi connectivity index (χ1n) is 10.6. The number of benzene rings is 2. The molecular formula is C25H29N3O5. The molecule has 0 saturated heterocycles. The Morgan fingerprint density at radius 3 is 1.97 bits per heavy atom. The van der Waals surface area contributed by atoms with Gasteiger partial charge in [0.05, 0.1) is 6.61 Å². The van der Waals surface area contributed by atoms with Gasteiger partial charge in [0.25, 0.3) is 5.91 Å². The molecular weight excluding hydrogens is 422 g/mol. The molecule has 0 saturated carbocycles. The number of aromatic nitrogens is 1. The van der Waals surface area contributed by atoms with Gasteiger partial charge in [-0.15, -0.1) is 0 Å². The van der Waals surface area contributed by atoms with Crippen LogP contribution in [0, 0.1) is 5.41 Å². The monoisotopic (exact) mass is 451 g/mol. The molecule has 0 fully saturated rings. The SMILES string of the molecule is CNC(=O)[C@](Cc1ccccc1)(n1c(O)ccc1O)[C@](C)(CO)CNC(=O)c1ccccc1. The Bertz CT molecular complexity index is 1080. The summed E-state index contributed by atoms with van der Waals surface area (Å²) in [6.07, 6.45) is 0.0293. The molecule has 0 bridgehead atoms. The molecule has 2 amide bonds. The van der Waals surface area contributed by atoms with Crippen molar-refractivity contribution < 1.29 is 24.9 Å². The summed E-state index contributed by atoms with van der Waals surface area (Å²) in [7, 11) is 1.44. The molecule has 8 nitrogen and oxygen atoms in total. The molecule has 3 aromatic rings. The molecule has 0 aliphatic carbocycles. The standard InChI is InChI=1S/C25H29N3O5/c1-24(17-29,16-27-22(32)19-11-7-4-8-12-19)25(23(33)26-2,15-18-9-5-3-6-10-18)28-20(30)13-14-21(28)31/h3-14,29-31H,15-17H2,1-2H3,(H,26,33)(H,27,32)/t24-,25-/m0/s1. The predicted molar refractivity (Wildman–Crippen MR) is 124 cm³/mol. The van der Waals surface area contributed by atoms with Crippen molar-refractivity contribution in [1.82, 2.24) is 15.2 Å². The van der Waals surface area contributed by atoms with Crippen LogP contribution in [0.15, 0.2) is 72.8 Å². The molecule has 1 heterocycles. The lowest BCUT2D eigenvalue weighted by atomic mass is 9.66. The molecule has 2 aromatic carbocycles. The second kappa shape index (κ2) is 9.79. The van der Waals surface area contributed by atoms with Crippen LogP contribution in [0.2, 0.25) is 0 Å². The van der Waals surface area contributed by atoms with Gasteiger partial charge in [-0.3, -0.25) is 14.2 Å². The normalized spacial score (nSPS) is 14.6. The number of aliphatic hydroxyl groups excluding tert-OH is 1. The van der Waals surface area contributed by atoms with Crippen molar-refractivity contribution in [2.24, 2.45) is 5.41 Å². The zero-order chi connectivity index (χ0) is 24.1. The molecule has 8 heteroatoms. The number of hydrogen-bond acceptors (Lipinski definition) is 5. The summed E-state index contributed by atoms with van der Waals surface area (Å²) in [5.41, 5.74) is -1.87. The lowest BCUT2D eigenvalue weighted by molar-refractivity contribution is -0.140. The summed E-state index contributed by atoms with van der Waals surface area (Å²) in [4.78, 5) is 26.3. The maximum atomic E-state index is 13.6. The molecule has 0 spiro atoms. The van der Waals surface area contributed by atoms with Gasteiger partial charge in [-0.1, -0.05) is 55.5 Å². The number of aromatic hydroxyl groups is 2. The number of nitrogens with one attached hydrogen (secondary N) is 2. The lowest BCUT2D eigenvalue weighted by Crippen LogP contribution is -2.63. The Hall–Kier alpha value is -3.78. The number of aliphatic hydroxyl groups is 1. The average molecular weight is 452 g/mol. The van der Waals surface area contributed by atoms with Crippen LogP contribution in [0.3, 0.4) is 0 Å². The number of amides is 2. The minimum absolute atomic E-state index is 0.0293. The Morgan fingerprint density at radius 1 is 0.909 bits per heavy atom. The van der Waals surface area contributed by atoms with E-state index in [0.29, 0.717) is 5.56 Å². The van der Waals surface area contributed by atoms with E-state index in [-0.39, 0.29) is 30.6 Å². The fourth-order valence-corrected chi connectivity index (χ4v) is 4.22. The zero-order valence-corrected chi connectivity index (χ0v) is 18.7. The van der Waals surface area contributed by atoms with Gasteiger partial charge < -0.3 is 26.0 Å². The van der Waals surface area contributed by atoms with Gasteiger partial charge >= 0.3 is 0 Å². The largest absolute Gasteiger partial charge is 0.494 e. The van der Waals surface area contributed by atoms with E-state index in [1.54, 1.807) is 37.3 Å². The van der Waals surface area contributed by atoms with Gasteiger partial charge in [0.2, 0.25) is 5.91 Å². The van der Waals surface area contributed by atoms with Gasteiger partial charge in [-0.2, -0.15) is 0 Å². The van der Waals surface area contributed by atoms with E-state index in [1.807, 2.05) is 30.3 Å². The molecule has 2 atom stereocenters. The van der Waals surface area contributed by atoms with Crippen molar-refractivity contribution in [1.29, 1.82) is 0 Å². The summed E-state index contributed by atoms with van der Waals surface area (Å²) in [5, 5.41) is 37.3. The van der Waals surface area contributed by atoms with E-state index in [0.717, 1.165) is 10.1 Å². The summed E-state index contributed by atoms with van der Waals surface area (Å²) in [6, 6.07) is 20.2. The Kier molecular flexibility index (Phi) is 7.08. The molecule has 1 aromatic heterocycles. The highest BCUT2D eigenvalue weighted by Crippen LogP contribution is 2.46. The smallest absolute Gasteiger partial charge is 0.251 e. The first-order valence-corrected chi connectivity index (χ1v) is 10.6. The highest BCUT2D eigenvalue weighted by Gasteiger charge is 2.56. The number of nitrogens with zero attached hydrogens (tertiary/aromatic N) is 1. The number of carbonyl (C=O) groups is 2. The predicted octanol–water partition coefficient (Wildman–Crippen LogP) is 2.01. The Balaban J connectivity index is 2.14. The molecule has 0 aliphatic rings. The first kappa shape index (κ1) is 23.9. The molecule has 3 rings (SSSR count). The van der Waals surface area contributed by atoms with E-state index < -0.39 is 23.5 Å². The van der Waals surface area contributed by atoms with Gasteiger partial charge in [0.1, 0.15) is 5.54 Å². The van der Waals surface area contributed by atoms with E-state index in [2.05, 4.69) is 10.6 Å². The Labute approximate surface area is 192 Å². The van der Waals surface area contributed by atoms with E-state index >= 15 is 0 Å². The summed E-state index contributed by atoms with van der Waals surface area (Å²) < 4.78 is 1.11. The molecule has 5 N–H and O–H groups in total. The van der Waals surface area contributed by atoms with Crippen molar-refractivity contribution in [3.8, 4) is 11.8 Å². The molecule has 0 aliphatic heterocycles. The molecule has 0 radical (unpaired) electrons. The van der Waals surface area contributed by atoms with Crippen molar-refractivity contribution in [2.75, 3.05) is 20.2 Å². The summed E-state index contributed by atoms with van der Waals surface area (Å²) in [5.74, 6) is -1.61. The quantitative estimate of drug-likeness (QED) is 0.341. The van der Waals surface area contributed by atoms with Gasteiger partial charge in [0.15, 0.2) is 11.8 Å². The number of rotatable bonds is 9. The highest BCUT2D eigenvalue weighted by atomic mass is 16.3.